The summed E-state index contributed by atoms with van der Waals surface area (Å²) >= 11 is 0. The fourth-order valence-electron chi connectivity index (χ4n) is 3.52. The normalized spacial score (nSPS) is 14.4. The highest BCUT2D eigenvalue weighted by atomic mass is 127. The number of phenolic OH excluding ortho intramolecular Hbond substituents is 1. The Hall–Kier alpha value is -2.56. The molecule has 1 amide bonds. The van der Waals surface area contributed by atoms with E-state index in [2.05, 4.69) is 25.8 Å². The van der Waals surface area contributed by atoms with E-state index in [0.717, 1.165) is 44.1 Å². The van der Waals surface area contributed by atoms with Crippen molar-refractivity contribution in [3.05, 3.63) is 59.9 Å². The van der Waals surface area contributed by atoms with Gasteiger partial charge in [-0.1, -0.05) is 6.07 Å². The second-order valence-corrected chi connectivity index (χ2v) is 7.45. The molecule has 9 heteroatoms. The number of rotatable bonds is 7. The molecule has 2 aromatic carbocycles. The molecule has 0 radical (unpaired) electrons. The fraction of sp³-hybridized carbons (Fsp3) is 0.391. The van der Waals surface area contributed by atoms with E-state index in [0.29, 0.717) is 18.7 Å². The van der Waals surface area contributed by atoms with Crippen molar-refractivity contribution >= 4 is 41.5 Å². The first kappa shape index (κ1) is 25.7. The SMILES string of the molecule is CCNC(=NCCNC(=O)c1ccc(O)cc1)NC1CCN(c2cccc(F)c2)CC1.I. The van der Waals surface area contributed by atoms with E-state index < -0.39 is 0 Å². The van der Waals surface area contributed by atoms with Crippen LogP contribution in [-0.4, -0.2) is 55.7 Å². The van der Waals surface area contributed by atoms with Crippen LogP contribution in [0.15, 0.2) is 53.5 Å². The van der Waals surface area contributed by atoms with Gasteiger partial charge in [-0.2, -0.15) is 0 Å². The minimum atomic E-state index is -0.211. The maximum Gasteiger partial charge on any atom is 0.251 e. The zero-order chi connectivity index (χ0) is 22.1. The Morgan fingerprint density at radius 2 is 1.88 bits per heavy atom. The molecule has 2 aromatic rings. The maximum atomic E-state index is 13.5. The first-order chi connectivity index (χ1) is 15.0. The number of nitrogens with one attached hydrogen (secondary N) is 3. The summed E-state index contributed by atoms with van der Waals surface area (Å²) in [5.41, 5.74) is 1.42. The number of carbonyl (C=O) groups excluding carboxylic acids is 1. The third kappa shape index (κ3) is 7.85. The van der Waals surface area contributed by atoms with Crippen molar-refractivity contribution < 1.29 is 14.3 Å². The summed E-state index contributed by atoms with van der Waals surface area (Å²) in [6.45, 7) is 5.31. The van der Waals surface area contributed by atoms with Crippen LogP contribution in [0.4, 0.5) is 10.1 Å². The zero-order valence-electron chi connectivity index (χ0n) is 18.2. The number of hydrogen-bond donors (Lipinski definition) is 4. The van der Waals surface area contributed by atoms with Crippen LogP contribution >= 0.6 is 24.0 Å². The van der Waals surface area contributed by atoms with E-state index in [1.807, 2.05) is 13.0 Å². The highest BCUT2D eigenvalue weighted by molar-refractivity contribution is 14.0. The second-order valence-electron chi connectivity index (χ2n) is 7.45. The first-order valence-electron chi connectivity index (χ1n) is 10.7. The van der Waals surface area contributed by atoms with E-state index in [9.17, 15) is 14.3 Å². The Kier molecular flexibility index (Phi) is 10.5. The van der Waals surface area contributed by atoms with Gasteiger partial charge in [0, 0.05) is 43.5 Å². The van der Waals surface area contributed by atoms with Crippen molar-refractivity contribution in [1.82, 2.24) is 16.0 Å². The minimum Gasteiger partial charge on any atom is -0.508 e. The molecule has 0 spiro atoms. The Morgan fingerprint density at radius 3 is 2.53 bits per heavy atom. The summed E-state index contributed by atoms with van der Waals surface area (Å²) in [5.74, 6) is 0.449. The van der Waals surface area contributed by atoms with Gasteiger partial charge in [0.05, 0.1) is 6.54 Å². The van der Waals surface area contributed by atoms with Crippen LogP contribution in [0.3, 0.4) is 0 Å². The molecule has 0 atom stereocenters. The van der Waals surface area contributed by atoms with Gasteiger partial charge in [-0.3, -0.25) is 9.79 Å². The number of aliphatic imine (C=N–C) groups is 1. The molecule has 1 fully saturated rings. The van der Waals surface area contributed by atoms with Crippen LogP contribution in [0.2, 0.25) is 0 Å². The summed E-state index contributed by atoms with van der Waals surface area (Å²) in [6.07, 6.45) is 1.86. The van der Waals surface area contributed by atoms with Crippen LogP contribution in [0.1, 0.15) is 30.1 Å². The largest absolute Gasteiger partial charge is 0.508 e. The molecule has 0 saturated carbocycles. The smallest absolute Gasteiger partial charge is 0.251 e. The average molecular weight is 555 g/mol. The molecular formula is C23H31FIN5O2. The van der Waals surface area contributed by atoms with Crippen LogP contribution in [0.5, 0.6) is 5.75 Å². The molecule has 1 saturated heterocycles. The van der Waals surface area contributed by atoms with Crippen molar-refractivity contribution in [2.75, 3.05) is 37.6 Å². The van der Waals surface area contributed by atoms with Gasteiger partial charge in [-0.05, 0) is 62.2 Å². The predicted octanol–water partition coefficient (Wildman–Crippen LogP) is 3.10. The molecular weight excluding hydrogens is 524 g/mol. The number of nitrogens with zero attached hydrogens (tertiary/aromatic N) is 2. The third-order valence-electron chi connectivity index (χ3n) is 5.15. The van der Waals surface area contributed by atoms with Crippen LogP contribution in [-0.2, 0) is 0 Å². The highest BCUT2D eigenvalue weighted by Crippen LogP contribution is 2.20. The lowest BCUT2D eigenvalue weighted by molar-refractivity contribution is 0.0955. The van der Waals surface area contributed by atoms with Gasteiger partial charge in [0.15, 0.2) is 5.96 Å². The Morgan fingerprint density at radius 1 is 1.16 bits per heavy atom. The summed E-state index contributed by atoms with van der Waals surface area (Å²) in [5, 5.41) is 18.8. The number of carbonyl (C=O) groups is 1. The van der Waals surface area contributed by atoms with Gasteiger partial charge < -0.3 is 26.0 Å². The average Bonchev–Trinajstić information content (AvgIpc) is 2.77. The van der Waals surface area contributed by atoms with Crippen molar-refractivity contribution in [1.29, 1.82) is 0 Å². The fourth-order valence-corrected chi connectivity index (χ4v) is 3.52. The number of aromatic hydroxyl groups is 1. The van der Waals surface area contributed by atoms with Crippen LogP contribution < -0.4 is 20.9 Å². The second kappa shape index (κ2) is 13.1. The Bertz CT molecular complexity index is 886. The van der Waals surface area contributed by atoms with E-state index in [1.54, 1.807) is 24.3 Å². The van der Waals surface area contributed by atoms with Crippen molar-refractivity contribution in [3.8, 4) is 5.75 Å². The molecule has 1 aliphatic heterocycles. The van der Waals surface area contributed by atoms with Crippen molar-refractivity contribution in [2.45, 2.75) is 25.8 Å². The number of piperidine rings is 1. The molecule has 1 aliphatic rings. The number of amides is 1. The molecule has 0 aromatic heterocycles. The van der Waals surface area contributed by atoms with Gasteiger partial charge in [-0.15, -0.1) is 24.0 Å². The topological polar surface area (TPSA) is 89.0 Å². The van der Waals surface area contributed by atoms with Crippen molar-refractivity contribution in [2.24, 2.45) is 4.99 Å². The lowest BCUT2D eigenvalue weighted by Crippen LogP contribution is -2.49. The molecule has 0 aliphatic carbocycles. The van der Waals surface area contributed by atoms with Crippen molar-refractivity contribution in [3.63, 3.8) is 0 Å². The van der Waals surface area contributed by atoms with Crippen LogP contribution in [0.25, 0.3) is 0 Å². The minimum absolute atomic E-state index is 0. The van der Waals surface area contributed by atoms with E-state index >= 15 is 0 Å². The number of hydrogen-bond acceptors (Lipinski definition) is 4. The van der Waals surface area contributed by atoms with Gasteiger partial charge in [0.1, 0.15) is 11.6 Å². The summed E-state index contributed by atoms with van der Waals surface area (Å²) in [6, 6.07) is 13.1. The lowest BCUT2D eigenvalue weighted by Gasteiger charge is -2.34. The maximum absolute atomic E-state index is 13.5. The number of anilines is 1. The highest BCUT2D eigenvalue weighted by Gasteiger charge is 2.20. The molecule has 174 valence electrons. The Labute approximate surface area is 205 Å². The molecule has 4 N–H and O–H groups in total. The first-order valence-corrected chi connectivity index (χ1v) is 10.7. The van der Waals surface area contributed by atoms with E-state index in [4.69, 9.17) is 0 Å². The Balaban J connectivity index is 0.00000363. The summed E-state index contributed by atoms with van der Waals surface area (Å²) in [7, 11) is 0. The quantitative estimate of drug-likeness (QED) is 0.183. The molecule has 7 nitrogen and oxygen atoms in total. The zero-order valence-corrected chi connectivity index (χ0v) is 20.5. The van der Waals surface area contributed by atoms with Gasteiger partial charge in [0.25, 0.3) is 5.91 Å². The molecule has 1 heterocycles. The number of phenols is 1. The van der Waals surface area contributed by atoms with E-state index in [1.165, 1.54) is 18.2 Å². The van der Waals surface area contributed by atoms with Gasteiger partial charge in [0.2, 0.25) is 0 Å². The molecule has 32 heavy (non-hydrogen) atoms. The molecule has 0 bridgehead atoms. The summed E-state index contributed by atoms with van der Waals surface area (Å²) in [4.78, 5) is 18.9. The monoisotopic (exact) mass is 555 g/mol. The van der Waals surface area contributed by atoms with E-state index in [-0.39, 0.29) is 47.5 Å². The number of halogens is 2. The van der Waals surface area contributed by atoms with Gasteiger partial charge >= 0.3 is 0 Å². The third-order valence-corrected chi connectivity index (χ3v) is 5.15. The predicted molar refractivity (Wildman–Crippen MR) is 137 cm³/mol. The van der Waals surface area contributed by atoms with Crippen LogP contribution in [0, 0.1) is 5.82 Å². The number of benzene rings is 2. The standard InChI is InChI=1S/C23H30FN5O2.HI/c1-2-25-23(27-13-12-26-22(31)17-6-8-21(30)9-7-17)28-19-10-14-29(15-11-19)20-5-3-4-18(24)16-20;/h3-9,16,19,30H,2,10-15H2,1H3,(H,26,31)(H2,25,27,28);1H. The lowest BCUT2D eigenvalue weighted by atomic mass is 10.0. The summed E-state index contributed by atoms with van der Waals surface area (Å²) < 4.78 is 13.5. The van der Waals surface area contributed by atoms with Gasteiger partial charge in [-0.25, -0.2) is 4.39 Å². The number of guanidine groups is 1. The molecule has 3 rings (SSSR count). The molecule has 0 unspecified atom stereocenters.